The van der Waals surface area contributed by atoms with Crippen LogP contribution in [0.25, 0.3) is 0 Å². The van der Waals surface area contributed by atoms with Gasteiger partial charge < -0.3 is 15.2 Å². The van der Waals surface area contributed by atoms with Crippen LogP contribution in [-0.2, 0) is 6.54 Å². The summed E-state index contributed by atoms with van der Waals surface area (Å²) in [5.41, 5.74) is 0. The van der Waals surface area contributed by atoms with Crippen LogP contribution in [0.5, 0.6) is 0 Å². The Morgan fingerprint density at radius 1 is 1.28 bits per heavy atom. The largest absolute Gasteiger partial charge is 0.369 e. The average molecular weight is 312 g/mol. The maximum atomic E-state index is 5.00. The summed E-state index contributed by atoms with van der Waals surface area (Å²) in [6, 6.07) is 1.80. The van der Waals surface area contributed by atoms with Gasteiger partial charge in [0.1, 0.15) is 22.4 Å². The summed E-state index contributed by atoms with van der Waals surface area (Å²) in [6.45, 7) is 3.51. The molecule has 0 aliphatic heterocycles. The van der Waals surface area contributed by atoms with Crippen LogP contribution in [0.4, 0.5) is 11.6 Å². The van der Waals surface area contributed by atoms with Gasteiger partial charge in [0.25, 0.3) is 0 Å². The Labute approximate surface area is 113 Å². The highest BCUT2D eigenvalue weighted by molar-refractivity contribution is 9.10. The van der Waals surface area contributed by atoms with E-state index in [1.54, 1.807) is 12.3 Å². The van der Waals surface area contributed by atoms with Crippen molar-refractivity contribution in [3.05, 3.63) is 28.8 Å². The minimum Gasteiger partial charge on any atom is -0.369 e. The third-order valence-electron chi connectivity index (χ3n) is 2.25. The number of aromatic nitrogens is 3. The first-order valence-corrected chi connectivity index (χ1v) is 6.48. The Hall–Kier alpha value is -1.63. The lowest BCUT2D eigenvalue weighted by molar-refractivity contribution is 0.388. The molecule has 96 valence electrons. The number of hydrogen-bond acceptors (Lipinski definition) is 6. The van der Waals surface area contributed by atoms with E-state index in [9.17, 15) is 0 Å². The predicted molar refractivity (Wildman–Crippen MR) is 72.3 cm³/mol. The quantitative estimate of drug-likeness (QED) is 0.854. The highest BCUT2D eigenvalue weighted by Crippen LogP contribution is 2.26. The number of nitrogens with one attached hydrogen (secondary N) is 2. The minimum atomic E-state index is 0.531. The Bertz CT molecular complexity index is 488. The summed E-state index contributed by atoms with van der Waals surface area (Å²) in [5.74, 6) is 2.26. The molecule has 0 bridgehead atoms. The zero-order valence-corrected chi connectivity index (χ0v) is 11.6. The normalized spacial score (nSPS) is 10.3. The molecule has 0 saturated carbocycles. The summed E-state index contributed by atoms with van der Waals surface area (Å²) in [4.78, 5) is 8.35. The summed E-state index contributed by atoms with van der Waals surface area (Å²) in [5, 5.41) is 10.0. The van der Waals surface area contributed by atoms with E-state index in [0.29, 0.717) is 6.54 Å². The highest BCUT2D eigenvalue weighted by atomic mass is 79.9. The molecule has 18 heavy (non-hydrogen) atoms. The molecule has 0 saturated heterocycles. The van der Waals surface area contributed by atoms with Crippen LogP contribution in [0, 0.1) is 0 Å². The SMILES string of the molecule is CCCNc1ncnc(NCc2ccno2)c1Br. The van der Waals surface area contributed by atoms with E-state index in [1.165, 1.54) is 6.33 Å². The van der Waals surface area contributed by atoms with Crippen LogP contribution in [0.15, 0.2) is 27.6 Å². The van der Waals surface area contributed by atoms with E-state index in [0.717, 1.165) is 34.8 Å². The van der Waals surface area contributed by atoms with E-state index >= 15 is 0 Å². The maximum absolute atomic E-state index is 5.00. The predicted octanol–water partition coefficient (Wildman–Crippen LogP) is 2.66. The van der Waals surface area contributed by atoms with Gasteiger partial charge in [0.05, 0.1) is 12.7 Å². The van der Waals surface area contributed by atoms with E-state index in [1.807, 2.05) is 0 Å². The summed E-state index contributed by atoms with van der Waals surface area (Å²) >= 11 is 3.48. The van der Waals surface area contributed by atoms with Gasteiger partial charge in [0.2, 0.25) is 0 Å². The molecule has 0 aromatic carbocycles. The summed E-state index contributed by atoms with van der Waals surface area (Å²) in [6.07, 6.45) is 4.17. The van der Waals surface area contributed by atoms with Gasteiger partial charge in [-0.05, 0) is 22.4 Å². The fourth-order valence-corrected chi connectivity index (χ4v) is 1.85. The van der Waals surface area contributed by atoms with Gasteiger partial charge in [-0.1, -0.05) is 12.1 Å². The number of anilines is 2. The molecule has 2 N–H and O–H groups in total. The molecule has 2 aromatic rings. The van der Waals surface area contributed by atoms with Crippen LogP contribution in [-0.4, -0.2) is 21.7 Å². The fraction of sp³-hybridized carbons (Fsp3) is 0.364. The smallest absolute Gasteiger partial charge is 0.155 e. The molecular formula is C11H14BrN5O. The zero-order chi connectivity index (χ0) is 12.8. The lowest BCUT2D eigenvalue weighted by atomic mass is 10.4. The van der Waals surface area contributed by atoms with Crippen molar-refractivity contribution in [1.82, 2.24) is 15.1 Å². The lowest BCUT2D eigenvalue weighted by Gasteiger charge is -2.10. The summed E-state index contributed by atoms with van der Waals surface area (Å²) in [7, 11) is 0. The van der Waals surface area contributed by atoms with Gasteiger partial charge in [0.15, 0.2) is 5.76 Å². The van der Waals surface area contributed by atoms with Crippen LogP contribution in [0.3, 0.4) is 0 Å². The average Bonchev–Trinajstić information content (AvgIpc) is 2.89. The molecule has 0 aliphatic carbocycles. The van der Waals surface area contributed by atoms with Gasteiger partial charge in [-0.25, -0.2) is 9.97 Å². The highest BCUT2D eigenvalue weighted by Gasteiger charge is 2.08. The van der Waals surface area contributed by atoms with E-state index in [2.05, 4.69) is 48.6 Å². The third kappa shape index (κ3) is 3.19. The van der Waals surface area contributed by atoms with Crippen LogP contribution >= 0.6 is 15.9 Å². The topological polar surface area (TPSA) is 75.9 Å². The molecule has 2 aromatic heterocycles. The van der Waals surface area contributed by atoms with Crippen molar-refractivity contribution in [2.75, 3.05) is 17.2 Å². The second-order valence-electron chi connectivity index (χ2n) is 3.64. The van der Waals surface area contributed by atoms with Crippen molar-refractivity contribution in [2.45, 2.75) is 19.9 Å². The molecule has 2 rings (SSSR count). The maximum Gasteiger partial charge on any atom is 0.155 e. The van der Waals surface area contributed by atoms with E-state index < -0.39 is 0 Å². The third-order valence-corrected chi connectivity index (χ3v) is 3.00. The van der Waals surface area contributed by atoms with E-state index in [4.69, 9.17) is 4.52 Å². The molecule has 7 heteroatoms. The van der Waals surface area contributed by atoms with Crippen molar-refractivity contribution in [3.8, 4) is 0 Å². The molecule has 2 heterocycles. The van der Waals surface area contributed by atoms with Crippen LogP contribution < -0.4 is 10.6 Å². The molecular weight excluding hydrogens is 298 g/mol. The number of hydrogen-bond donors (Lipinski definition) is 2. The molecule has 0 radical (unpaired) electrons. The Kier molecular flexibility index (Phi) is 4.52. The van der Waals surface area contributed by atoms with Gasteiger partial charge >= 0.3 is 0 Å². The molecule has 0 atom stereocenters. The van der Waals surface area contributed by atoms with Gasteiger partial charge in [-0.15, -0.1) is 0 Å². The molecule has 6 nitrogen and oxygen atoms in total. The molecule has 0 unspecified atom stereocenters. The Morgan fingerprint density at radius 2 is 2.06 bits per heavy atom. The monoisotopic (exact) mass is 311 g/mol. The van der Waals surface area contributed by atoms with Crippen molar-refractivity contribution in [2.24, 2.45) is 0 Å². The standard InChI is InChI=1S/C11H14BrN5O/c1-2-4-13-10-9(12)11(16-7-15-10)14-6-8-3-5-17-18-8/h3,5,7H,2,4,6H2,1H3,(H2,13,14,15,16). The zero-order valence-electron chi connectivity index (χ0n) is 9.98. The summed E-state index contributed by atoms with van der Waals surface area (Å²) < 4.78 is 5.82. The first-order valence-electron chi connectivity index (χ1n) is 5.69. The van der Waals surface area contributed by atoms with E-state index in [-0.39, 0.29) is 0 Å². The Morgan fingerprint density at radius 3 is 2.72 bits per heavy atom. The second-order valence-corrected chi connectivity index (χ2v) is 4.44. The minimum absolute atomic E-state index is 0.531. The second kappa shape index (κ2) is 6.34. The number of rotatable bonds is 6. The number of halogens is 1. The van der Waals surface area contributed by atoms with Gasteiger partial charge in [0, 0.05) is 12.6 Å². The van der Waals surface area contributed by atoms with Crippen molar-refractivity contribution in [3.63, 3.8) is 0 Å². The van der Waals surface area contributed by atoms with Crippen molar-refractivity contribution < 1.29 is 4.52 Å². The van der Waals surface area contributed by atoms with Crippen LogP contribution in [0.1, 0.15) is 19.1 Å². The molecule has 0 amide bonds. The number of nitrogens with zero attached hydrogens (tertiary/aromatic N) is 3. The van der Waals surface area contributed by atoms with Gasteiger partial charge in [-0.2, -0.15) is 0 Å². The first kappa shape index (κ1) is 12.8. The fourth-order valence-electron chi connectivity index (χ4n) is 1.36. The van der Waals surface area contributed by atoms with Crippen molar-refractivity contribution >= 4 is 27.6 Å². The van der Waals surface area contributed by atoms with Gasteiger partial charge in [-0.3, -0.25) is 0 Å². The first-order chi connectivity index (χ1) is 8.81. The molecule has 0 fully saturated rings. The van der Waals surface area contributed by atoms with Crippen molar-refractivity contribution in [1.29, 1.82) is 0 Å². The Balaban J connectivity index is 2.03. The lowest BCUT2D eigenvalue weighted by Crippen LogP contribution is -2.07. The molecule has 0 spiro atoms. The van der Waals surface area contributed by atoms with Crippen LogP contribution in [0.2, 0.25) is 0 Å². The molecule has 0 aliphatic rings.